The molecule has 96 valence electrons. The average molecular weight is 245 g/mol. The van der Waals surface area contributed by atoms with E-state index in [0.29, 0.717) is 12.6 Å². The Kier molecular flexibility index (Phi) is 3.19. The lowest BCUT2D eigenvalue weighted by Crippen LogP contribution is -2.51. The third kappa shape index (κ3) is 2.08. The van der Waals surface area contributed by atoms with Gasteiger partial charge < -0.3 is 15.0 Å². The molecule has 1 saturated heterocycles. The van der Waals surface area contributed by atoms with E-state index in [4.69, 9.17) is 4.74 Å². The minimum absolute atomic E-state index is 0.514. The summed E-state index contributed by atoms with van der Waals surface area (Å²) in [7, 11) is 0. The SMILES string of the molecule is CCOc1ccc2c(c1)N1CCNC[C@@H]1CC=N2. The number of hydrogen-bond donors (Lipinski definition) is 1. The quantitative estimate of drug-likeness (QED) is 0.865. The van der Waals surface area contributed by atoms with Crippen LogP contribution in [0.15, 0.2) is 23.2 Å². The van der Waals surface area contributed by atoms with Crippen molar-refractivity contribution in [3.63, 3.8) is 0 Å². The zero-order valence-electron chi connectivity index (χ0n) is 10.7. The maximum absolute atomic E-state index is 5.60. The Balaban J connectivity index is 1.98. The molecule has 4 nitrogen and oxygen atoms in total. The Morgan fingerprint density at radius 3 is 3.33 bits per heavy atom. The van der Waals surface area contributed by atoms with E-state index in [-0.39, 0.29) is 0 Å². The summed E-state index contributed by atoms with van der Waals surface area (Å²) in [6.45, 7) is 5.82. The first-order valence-corrected chi connectivity index (χ1v) is 6.65. The summed E-state index contributed by atoms with van der Waals surface area (Å²) >= 11 is 0. The molecule has 1 atom stereocenters. The van der Waals surface area contributed by atoms with Gasteiger partial charge in [-0.1, -0.05) is 0 Å². The van der Waals surface area contributed by atoms with E-state index in [2.05, 4.69) is 27.3 Å². The van der Waals surface area contributed by atoms with Gasteiger partial charge in [-0.05, 0) is 19.1 Å². The van der Waals surface area contributed by atoms with Crippen molar-refractivity contribution >= 4 is 17.6 Å². The molecule has 3 rings (SSSR count). The number of fused-ring (bicyclic) bond motifs is 3. The zero-order chi connectivity index (χ0) is 12.4. The number of hydrogen-bond acceptors (Lipinski definition) is 4. The fraction of sp³-hybridized carbons (Fsp3) is 0.500. The van der Waals surface area contributed by atoms with Crippen LogP contribution in [0.25, 0.3) is 0 Å². The predicted octanol–water partition coefficient (Wildman–Crippen LogP) is 1.97. The van der Waals surface area contributed by atoms with Crippen molar-refractivity contribution in [1.82, 2.24) is 5.32 Å². The predicted molar refractivity (Wildman–Crippen MR) is 74.4 cm³/mol. The van der Waals surface area contributed by atoms with Crippen LogP contribution in [0.5, 0.6) is 5.75 Å². The Morgan fingerprint density at radius 2 is 2.44 bits per heavy atom. The van der Waals surface area contributed by atoms with Crippen molar-refractivity contribution in [2.24, 2.45) is 4.99 Å². The van der Waals surface area contributed by atoms with Crippen LogP contribution in [0.4, 0.5) is 11.4 Å². The van der Waals surface area contributed by atoms with Gasteiger partial charge in [0.2, 0.25) is 0 Å². The van der Waals surface area contributed by atoms with Gasteiger partial charge in [0.25, 0.3) is 0 Å². The van der Waals surface area contributed by atoms with E-state index < -0.39 is 0 Å². The molecule has 1 N–H and O–H groups in total. The third-order valence-electron chi connectivity index (χ3n) is 3.53. The maximum atomic E-state index is 5.60. The Morgan fingerprint density at radius 1 is 1.50 bits per heavy atom. The number of rotatable bonds is 2. The lowest BCUT2D eigenvalue weighted by molar-refractivity contribution is 0.340. The van der Waals surface area contributed by atoms with Crippen LogP contribution in [-0.4, -0.2) is 38.5 Å². The number of anilines is 1. The Hall–Kier alpha value is -1.55. The van der Waals surface area contributed by atoms with E-state index in [9.17, 15) is 0 Å². The molecule has 2 heterocycles. The van der Waals surface area contributed by atoms with Crippen LogP contribution in [-0.2, 0) is 0 Å². The number of nitrogens with zero attached hydrogens (tertiary/aromatic N) is 2. The van der Waals surface area contributed by atoms with Crippen molar-refractivity contribution < 1.29 is 4.74 Å². The van der Waals surface area contributed by atoms with E-state index >= 15 is 0 Å². The highest BCUT2D eigenvalue weighted by atomic mass is 16.5. The summed E-state index contributed by atoms with van der Waals surface area (Å²) in [4.78, 5) is 7.02. The van der Waals surface area contributed by atoms with Crippen LogP contribution < -0.4 is 15.0 Å². The molecule has 1 fully saturated rings. The molecule has 2 aliphatic heterocycles. The van der Waals surface area contributed by atoms with Crippen molar-refractivity contribution in [3.8, 4) is 5.75 Å². The second kappa shape index (κ2) is 4.98. The zero-order valence-corrected chi connectivity index (χ0v) is 10.7. The largest absolute Gasteiger partial charge is 0.494 e. The molecule has 1 aromatic carbocycles. The molecule has 0 spiro atoms. The molecule has 0 bridgehead atoms. The number of benzene rings is 1. The highest BCUT2D eigenvalue weighted by Gasteiger charge is 2.25. The van der Waals surface area contributed by atoms with Crippen LogP contribution in [0, 0.1) is 0 Å². The summed E-state index contributed by atoms with van der Waals surface area (Å²) in [6, 6.07) is 6.70. The molecule has 0 saturated carbocycles. The summed E-state index contributed by atoms with van der Waals surface area (Å²) < 4.78 is 5.60. The van der Waals surface area contributed by atoms with E-state index in [1.807, 2.05) is 19.2 Å². The Labute approximate surface area is 108 Å². The number of ether oxygens (including phenoxy) is 1. The molecular weight excluding hydrogens is 226 g/mol. The summed E-state index contributed by atoms with van der Waals surface area (Å²) in [5.41, 5.74) is 2.27. The molecule has 0 radical (unpaired) electrons. The molecule has 0 aromatic heterocycles. The molecule has 4 heteroatoms. The number of aliphatic imine (C=N–C) groups is 1. The van der Waals surface area contributed by atoms with Crippen LogP contribution >= 0.6 is 0 Å². The minimum Gasteiger partial charge on any atom is -0.494 e. The van der Waals surface area contributed by atoms with Crippen LogP contribution in [0.1, 0.15) is 13.3 Å². The molecular formula is C14H19N3O. The standard InChI is InChI=1S/C14H19N3O/c1-2-18-12-3-4-13-14(9-12)17-8-7-15-10-11(17)5-6-16-13/h3-4,6,9,11,15H,2,5,7-8,10H2,1H3/t11-/m0/s1. The summed E-state index contributed by atoms with van der Waals surface area (Å²) in [5, 5.41) is 3.45. The van der Waals surface area contributed by atoms with Crippen molar-refractivity contribution in [3.05, 3.63) is 18.2 Å². The van der Waals surface area contributed by atoms with Gasteiger partial charge in [0.15, 0.2) is 0 Å². The third-order valence-corrected chi connectivity index (χ3v) is 3.53. The summed E-state index contributed by atoms with van der Waals surface area (Å²) in [5.74, 6) is 0.936. The monoisotopic (exact) mass is 245 g/mol. The number of nitrogens with one attached hydrogen (secondary N) is 1. The topological polar surface area (TPSA) is 36.9 Å². The van der Waals surface area contributed by atoms with Gasteiger partial charge in [-0.2, -0.15) is 0 Å². The fourth-order valence-electron chi connectivity index (χ4n) is 2.66. The van der Waals surface area contributed by atoms with E-state index in [1.54, 1.807) is 0 Å². The summed E-state index contributed by atoms with van der Waals surface area (Å²) in [6.07, 6.45) is 3.04. The van der Waals surface area contributed by atoms with Crippen molar-refractivity contribution in [2.75, 3.05) is 31.1 Å². The average Bonchev–Trinajstić information content (AvgIpc) is 2.58. The smallest absolute Gasteiger partial charge is 0.121 e. The van der Waals surface area contributed by atoms with Gasteiger partial charge >= 0.3 is 0 Å². The van der Waals surface area contributed by atoms with Gasteiger partial charge in [0.1, 0.15) is 5.75 Å². The van der Waals surface area contributed by atoms with Gasteiger partial charge in [0.05, 0.1) is 18.0 Å². The molecule has 0 amide bonds. The van der Waals surface area contributed by atoms with Crippen LogP contribution in [0.2, 0.25) is 0 Å². The maximum Gasteiger partial charge on any atom is 0.121 e. The minimum atomic E-state index is 0.514. The molecule has 0 unspecified atom stereocenters. The first kappa shape index (κ1) is 11.5. The number of piperazine rings is 1. The molecule has 18 heavy (non-hydrogen) atoms. The first-order chi connectivity index (χ1) is 8.88. The fourth-order valence-corrected chi connectivity index (χ4v) is 2.66. The molecule has 0 aliphatic carbocycles. The van der Waals surface area contributed by atoms with E-state index in [0.717, 1.165) is 37.5 Å². The highest BCUT2D eigenvalue weighted by Crippen LogP contribution is 2.36. The highest BCUT2D eigenvalue weighted by molar-refractivity contribution is 5.78. The second-order valence-electron chi connectivity index (χ2n) is 4.68. The normalized spacial score (nSPS) is 22.1. The Bertz CT molecular complexity index is 458. The van der Waals surface area contributed by atoms with Crippen LogP contribution in [0.3, 0.4) is 0 Å². The van der Waals surface area contributed by atoms with Gasteiger partial charge in [-0.3, -0.25) is 4.99 Å². The van der Waals surface area contributed by atoms with Gasteiger partial charge in [-0.15, -0.1) is 0 Å². The molecule has 2 aliphatic rings. The van der Waals surface area contributed by atoms with Crippen molar-refractivity contribution in [1.29, 1.82) is 0 Å². The first-order valence-electron chi connectivity index (χ1n) is 6.65. The van der Waals surface area contributed by atoms with Gasteiger partial charge in [0, 0.05) is 44.4 Å². The lowest BCUT2D eigenvalue weighted by atomic mass is 10.1. The van der Waals surface area contributed by atoms with Crippen molar-refractivity contribution in [2.45, 2.75) is 19.4 Å². The molecule has 1 aromatic rings. The van der Waals surface area contributed by atoms with E-state index in [1.165, 1.54) is 5.69 Å². The second-order valence-corrected chi connectivity index (χ2v) is 4.68. The lowest BCUT2D eigenvalue weighted by Gasteiger charge is -2.37. The van der Waals surface area contributed by atoms with Gasteiger partial charge in [-0.25, -0.2) is 0 Å².